The number of anilines is 8. The number of unbranched alkanes of at least 4 members (excludes halogenated alkanes) is 4. The Bertz CT molecular complexity index is 3720. The number of rotatable bonds is 30. The van der Waals surface area contributed by atoms with Gasteiger partial charge < -0.3 is 54.7 Å². The average Bonchev–Trinajstić information content (AvgIpc) is 1.99. The van der Waals surface area contributed by atoms with Crippen molar-refractivity contribution < 1.29 is 21.6 Å². The first-order valence-corrected chi connectivity index (χ1v) is 34.2. The molecule has 0 unspecified atom stereocenters. The molecule has 14 N–H and O–H groups in total. The van der Waals surface area contributed by atoms with E-state index in [0.29, 0.717) is 76.7 Å². The third-order valence-electron chi connectivity index (χ3n) is 14.1. The maximum absolute atomic E-state index is 11.6. The van der Waals surface area contributed by atoms with Gasteiger partial charge in [0.25, 0.3) is 0 Å². The topological polar surface area (TPSA) is 418 Å². The first-order chi connectivity index (χ1) is 41.9. The van der Waals surface area contributed by atoms with Crippen molar-refractivity contribution in [1.82, 2.24) is 59.8 Å². The minimum Gasteiger partial charge on any atom is -0.368 e. The number of pyridine rings is 4. The Morgan fingerprint density at radius 1 is 0.477 bits per heavy atom. The first kappa shape index (κ1) is 70.7. The van der Waals surface area contributed by atoms with Gasteiger partial charge in [-0.2, -0.15) is 19.9 Å². The summed E-state index contributed by atoms with van der Waals surface area (Å²) in [6.07, 6.45) is 23.9. The second-order valence-electron chi connectivity index (χ2n) is 22.2. The van der Waals surface area contributed by atoms with Crippen molar-refractivity contribution in [2.75, 3.05) is 74.8 Å². The fourth-order valence-corrected chi connectivity index (χ4v) is 10.9. The van der Waals surface area contributed by atoms with Crippen LogP contribution >= 0.6 is 0 Å². The number of Topliss-reactive ketones (excluding diaryl/α,β-unsaturated/α-hetero) is 1. The van der Waals surface area contributed by atoms with E-state index in [2.05, 4.69) is 109 Å². The second-order valence-corrected chi connectivity index (χ2v) is 26.7. The number of ketones is 1. The van der Waals surface area contributed by atoms with Crippen molar-refractivity contribution in [1.29, 1.82) is 0 Å². The lowest BCUT2D eigenvalue weighted by molar-refractivity contribution is -0.117. The molecule has 0 spiro atoms. The number of nitrogens with one attached hydrogen (secondary N) is 4. The van der Waals surface area contributed by atoms with E-state index in [4.69, 9.17) is 28.7 Å². The van der Waals surface area contributed by atoms with E-state index < -0.39 is 25.2 Å². The molecule has 8 aromatic heterocycles. The third-order valence-corrected chi connectivity index (χ3v) is 16.0. The molecular weight excluding hydrogens is 1160 g/mol. The summed E-state index contributed by atoms with van der Waals surface area (Å²) in [7, 11) is -6.04. The number of carbonyl (C=O) groups excluding carboxylic acids is 1. The highest BCUT2D eigenvalue weighted by Gasteiger charge is 2.27. The smallest absolute Gasteiger partial charge is 0.222 e. The molecule has 0 aliphatic carbocycles. The molecule has 0 saturated carbocycles. The summed E-state index contributed by atoms with van der Waals surface area (Å²) in [5.74, 6) is 3.68. The van der Waals surface area contributed by atoms with Gasteiger partial charge in [0, 0.05) is 73.9 Å². The van der Waals surface area contributed by atoms with E-state index in [1.165, 1.54) is 12.5 Å². The Morgan fingerprint density at radius 3 is 1.17 bits per heavy atom. The third kappa shape index (κ3) is 24.2. The Morgan fingerprint density at radius 2 is 0.818 bits per heavy atom. The van der Waals surface area contributed by atoms with E-state index in [-0.39, 0.29) is 59.2 Å². The molecule has 0 bridgehead atoms. The zero-order valence-electron chi connectivity index (χ0n) is 52.2. The number of hydrogen-bond acceptors (Lipinski definition) is 26. The molecule has 4 atom stereocenters. The highest BCUT2D eigenvalue weighted by atomic mass is 32.2. The minimum absolute atomic E-state index is 0.00387. The summed E-state index contributed by atoms with van der Waals surface area (Å²) in [5, 5.41) is 13.4. The van der Waals surface area contributed by atoms with Gasteiger partial charge in [0.2, 0.25) is 23.8 Å². The quantitative estimate of drug-likeness (QED) is 0.0203. The lowest BCUT2D eigenvalue weighted by Gasteiger charge is -2.31. The van der Waals surface area contributed by atoms with Gasteiger partial charge in [0.1, 0.15) is 47.5 Å². The molecule has 26 nitrogen and oxygen atoms in total. The van der Waals surface area contributed by atoms with Crippen LogP contribution in [0.25, 0.3) is 44.1 Å². The molecule has 8 heterocycles. The summed E-state index contributed by atoms with van der Waals surface area (Å²) in [5.41, 5.74) is 33.9. The number of hydrogen-bond donors (Lipinski definition) is 9. The van der Waals surface area contributed by atoms with Gasteiger partial charge in [-0.25, -0.2) is 36.8 Å². The van der Waals surface area contributed by atoms with Gasteiger partial charge >= 0.3 is 0 Å². The number of fused-ring (bicyclic) bond motifs is 4. The van der Waals surface area contributed by atoms with Crippen LogP contribution in [0.3, 0.4) is 0 Å². The number of carbonyl (C=O) groups is 1. The first-order valence-electron chi connectivity index (χ1n) is 30.1. The number of sulfone groups is 2. The summed E-state index contributed by atoms with van der Waals surface area (Å²) in [6, 6.07) is 15.0. The van der Waals surface area contributed by atoms with Crippen LogP contribution < -0.4 is 49.9 Å². The molecule has 0 aliphatic heterocycles. The highest BCUT2D eigenvalue weighted by Crippen LogP contribution is 2.29. The molecule has 478 valence electrons. The molecule has 8 aromatic rings. The number of nitrogens with two attached hydrogens (primary N) is 5. The maximum atomic E-state index is 11.6. The van der Waals surface area contributed by atoms with Crippen molar-refractivity contribution in [3.05, 3.63) is 73.3 Å². The summed E-state index contributed by atoms with van der Waals surface area (Å²) >= 11 is 0. The zero-order valence-corrected chi connectivity index (χ0v) is 53.8. The highest BCUT2D eigenvalue weighted by molar-refractivity contribution is 7.90. The normalized spacial score (nSPS) is 13.1. The largest absolute Gasteiger partial charge is 0.368 e. The van der Waals surface area contributed by atoms with E-state index in [9.17, 15) is 21.6 Å². The van der Waals surface area contributed by atoms with Crippen molar-refractivity contribution in [3.63, 3.8) is 0 Å². The van der Waals surface area contributed by atoms with Gasteiger partial charge in [-0.3, -0.25) is 19.9 Å². The molecule has 0 radical (unpaired) electrons. The Labute approximate surface area is 517 Å². The molecule has 28 heteroatoms. The van der Waals surface area contributed by atoms with Crippen LogP contribution in [0.2, 0.25) is 0 Å². The fraction of sp³-hybridized carbons (Fsp3) is 0.517. The van der Waals surface area contributed by atoms with Crippen LogP contribution in [0, 0.1) is 0 Å². The predicted molar refractivity (Wildman–Crippen MR) is 357 cm³/mol. The van der Waals surface area contributed by atoms with Gasteiger partial charge in [-0.05, 0) is 107 Å². The number of nitrogens with zero attached hydrogens (tertiary/aromatic N) is 12. The van der Waals surface area contributed by atoms with Gasteiger partial charge in [0.15, 0.2) is 23.3 Å². The summed E-state index contributed by atoms with van der Waals surface area (Å²) in [6.45, 7) is 12.7. The van der Waals surface area contributed by atoms with Crippen LogP contribution in [0.15, 0.2) is 73.3 Å². The van der Waals surface area contributed by atoms with Crippen molar-refractivity contribution in [2.45, 2.75) is 168 Å². The standard InChI is InChI=1S/C16H25N5O2S.C16H23N5O.C15H23N5O2S.C13H20N6/c1-4-5-8-16(2,9-11-24(3,22)23)21-14-13-12(7-6-10-18-13)19-15(17)20-14;1-3-4-6-12(9-8-11(2)22)19-15-14-13(7-5-10-18-14)20-16(17)21-15;1-3-4-6-11(8-10-23(2,21)22)18-14-13-12(7-5-9-17-13)19-15(16)20-14;1-2-3-5-9(8-14)17-12-11-10(6-4-7-16-11)18-13(15)19-12/h6-7,10H,4-5,8-9,11H2,1-3H3,(H3,17,19,20,21);5,7,10,12H,3-4,6,8-9H2,1-2H3,(H3,17,19,20,21);5,7,9,11H,3-4,6,8,10H2,1-2H3,(H3,16,18,19,20);4,6-7,9H,2-3,5,8,14H2,1H3,(H3,15,17,18,19)/t16-;12-;11-;9-/m0111/s1. The molecule has 0 saturated heterocycles. The summed E-state index contributed by atoms with van der Waals surface area (Å²) < 4.78 is 46.1. The van der Waals surface area contributed by atoms with Crippen molar-refractivity contribution >= 4 is 117 Å². The molecule has 0 fully saturated rings. The fourth-order valence-electron chi connectivity index (χ4n) is 9.34. The minimum atomic E-state index is -3.04. The van der Waals surface area contributed by atoms with Crippen LogP contribution in [0.1, 0.15) is 144 Å². The number of nitrogen functional groups attached to an aromatic ring is 4. The van der Waals surface area contributed by atoms with Crippen LogP contribution in [0.4, 0.5) is 47.1 Å². The van der Waals surface area contributed by atoms with E-state index in [1.54, 1.807) is 43.8 Å². The Hall–Kier alpha value is -8.11. The maximum Gasteiger partial charge on any atom is 0.222 e. The molecule has 0 aliphatic rings. The molecule has 0 amide bonds. The molecule has 0 aromatic carbocycles. The van der Waals surface area contributed by atoms with Crippen LogP contribution in [-0.4, -0.2) is 137 Å². The van der Waals surface area contributed by atoms with E-state index in [0.717, 1.165) is 100 Å². The summed E-state index contributed by atoms with van der Waals surface area (Å²) in [4.78, 5) is 62.3. The van der Waals surface area contributed by atoms with Crippen molar-refractivity contribution in [3.8, 4) is 0 Å². The lowest BCUT2D eigenvalue weighted by atomic mass is 9.92. The lowest BCUT2D eigenvalue weighted by Crippen LogP contribution is -2.37. The van der Waals surface area contributed by atoms with Crippen molar-refractivity contribution in [2.24, 2.45) is 5.73 Å². The van der Waals surface area contributed by atoms with E-state index in [1.807, 2.05) is 43.3 Å². The SMILES string of the molecule is CCCC[C@@](C)(CCS(C)(=O)=O)Nc1nc(N)nc2cccnc12.CCCC[C@H](CCC(C)=O)Nc1nc(N)nc2cccnc12.CCCC[C@H](CCS(C)(=O)=O)Nc1nc(N)nc2cccnc12.CCCC[C@H](CN)Nc1nc(N)nc2cccnc12. The van der Waals surface area contributed by atoms with E-state index >= 15 is 0 Å². The zero-order chi connectivity index (χ0) is 64.3. The van der Waals surface area contributed by atoms with Crippen LogP contribution in [0.5, 0.6) is 0 Å². The number of aromatic nitrogens is 12. The predicted octanol–water partition coefficient (Wildman–Crippen LogP) is 8.90. The van der Waals surface area contributed by atoms with Crippen LogP contribution in [-0.2, 0) is 24.5 Å². The van der Waals surface area contributed by atoms with Gasteiger partial charge in [-0.1, -0.05) is 79.1 Å². The average molecular weight is 1250 g/mol. The van der Waals surface area contributed by atoms with Gasteiger partial charge in [0.05, 0.1) is 33.6 Å². The van der Waals surface area contributed by atoms with Gasteiger partial charge in [-0.15, -0.1) is 0 Å². The molecule has 88 heavy (non-hydrogen) atoms. The Kier molecular flexibility index (Phi) is 28.1. The molecule has 8 rings (SSSR count). The second kappa shape index (κ2) is 35.0. The monoisotopic (exact) mass is 1250 g/mol. The molecular formula is C60H91N21O5S2. The Balaban J connectivity index is 0.000000214.